The van der Waals surface area contributed by atoms with Crippen LogP contribution in [0.1, 0.15) is 66.7 Å². The summed E-state index contributed by atoms with van der Waals surface area (Å²) in [4.78, 5) is 0. The highest BCUT2D eigenvalue weighted by Crippen LogP contribution is 2.09. The number of unbranched alkanes of at least 4 members (excludes halogenated alkanes) is 1. The highest BCUT2D eigenvalue weighted by atomic mass is 14.9. The normalized spacial score (nSPS) is 15.9. The molecule has 2 atom stereocenters. The molecule has 0 aromatic heterocycles. The number of rotatable bonds is 8. The van der Waals surface area contributed by atoms with Gasteiger partial charge in [-0.1, -0.05) is 40.5 Å². The van der Waals surface area contributed by atoms with Crippen LogP contribution in [0, 0.1) is 5.92 Å². The molecule has 2 unspecified atom stereocenters. The van der Waals surface area contributed by atoms with Crippen molar-refractivity contribution in [3.63, 3.8) is 0 Å². The summed E-state index contributed by atoms with van der Waals surface area (Å²) < 4.78 is 0. The van der Waals surface area contributed by atoms with E-state index in [4.69, 9.17) is 0 Å². The van der Waals surface area contributed by atoms with Gasteiger partial charge in [-0.15, -0.1) is 0 Å². The average molecular weight is 199 g/mol. The van der Waals surface area contributed by atoms with Gasteiger partial charge in [0.15, 0.2) is 0 Å². The molecule has 0 bridgehead atoms. The Balaban J connectivity index is 3.68. The summed E-state index contributed by atoms with van der Waals surface area (Å²) in [6, 6.07) is 1.42. The minimum absolute atomic E-state index is 0.678. The van der Waals surface area contributed by atoms with E-state index in [9.17, 15) is 0 Å². The van der Waals surface area contributed by atoms with Crippen LogP contribution in [0.2, 0.25) is 0 Å². The highest BCUT2D eigenvalue weighted by Gasteiger charge is 2.10. The van der Waals surface area contributed by atoms with Gasteiger partial charge in [-0.25, -0.2) is 0 Å². The third-order valence-corrected chi connectivity index (χ3v) is 2.74. The van der Waals surface area contributed by atoms with Crippen molar-refractivity contribution in [3.05, 3.63) is 0 Å². The molecule has 0 aromatic rings. The molecule has 1 N–H and O–H groups in total. The van der Waals surface area contributed by atoms with Crippen LogP contribution in [0.15, 0.2) is 0 Å². The van der Waals surface area contributed by atoms with Crippen molar-refractivity contribution in [2.75, 3.05) is 0 Å². The number of nitrogens with one attached hydrogen (secondary N) is 1. The van der Waals surface area contributed by atoms with Gasteiger partial charge in [0.2, 0.25) is 0 Å². The Hall–Kier alpha value is -0.0400. The lowest BCUT2D eigenvalue weighted by Gasteiger charge is -2.23. The van der Waals surface area contributed by atoms with Crippen LogP contribution < -0.4 is 5.32 Å². The van der Waals surface area contributed by atoms with Crippen LogP contribution in [0.25, 0.3) is 0 Å². The monoisotopic (exact) mass is 199 g/mol. The average Bonchev–Trinajstić information content (AvgIpc) is 2.10. The van der Waals surface area contributed by atoms with E-state index in [0.717, 1.165) is 12.0 Å². The summed E-state index contributed by atoms with van der Waals surface area (Å²) >= 11 is 0. The zero-order valence-corrected chi connectivity index (χ0v) is 10.8. The molecule has 0 amide bonds. The first kappa shape index (κ1) is 14.0. The summed E-state index contributed by atoms with van der Waals surface area (Å²) in [5.41, 5.74) is 0. The molecule has 0 aliphatic carbocycles. The molecular formula is C13H29N. The Bertz CT molecular complexity index is 120. The van der Waals surface area contributed by atoms with E-state index in [0.29, 0.717) is 6.04 Å². The molecule has 0 saturated heterocycles. The van der Waals surface area contributed by atoms with E-state index in [1.807, 2.05) is 0 Å². The molecule has 0 rings (SSSR count). The van der Waals surface area contributed by atoms with Crippen molar-refractivity contribution < 1.29 is 0 Å². The predicted molar refractivity (Wildman–Crippen MR) is 65.7 cm³/mol. The zero-order chi connectivity index (χ0) is 11.0. The highest BCUT2D eigenvalue weighted by molar-refractivity contribution is 4.71. The maximum atomic E-state index is 3.73. The Labute approximate surface area is 90.7 Å². The molecule has 0 spiro atoms. The third kappa shape index (κ3) is 7.37. The van der Waals surface area contributed by atoms with E-state index in [2.05, 4.69) is 39.9 Å². The maximum Gasteiger partial charge on any atom is 0.00669 e. The molecule has 14 heavy (non-hydrogen) atoms. The van der Waals surface area contributed by atoms with Crippen molar-refractivity contribution in [1.82, 2.24) is 5.32 Å². The lowest BCUT2D eigenvalue weighted by Crippen LogP contribution is -2.36. The molecule has 0 aromatic carbocycles. The van der Waals surface area contributed by atoms with Crippen molar-refractivity contribution in [2.24, 2.45) is 5.92 Å². The van der Waals surface area contributed by atoms with Crippen LogP contribution in [-0.4, -0.2) is 12.1 Å². The lowest BCUT2D eigenvalue weighted by atomic mass is 10.0. The van der Waals surface area contributed by atoms with E-state index < -0.39 is 0 Å². The second-order valence-corrected chi connectivity index (χ2v) is 4.94. The topological polar surface area (TPSA) is 12.0 Å². The fourth-order valence-corrected chi connectivity index (χ4v) is 2.03. The Kier molecular flexibility index (Phi) is 8.26. The quantitative estimate of drug-likeness (QED) is 0.623. The maximum absolute atomic E-state index is 3.73. The summed E-state index contributed by atoms with van der Waals surface area (Å²) in [6.07, 6.45) is 6.58. The van der Waals surface area contributed by atoms with Gasteiger partial charge in [0.1, 0.15) is 0 Å². The Morgan fingerprint density at radius 2 is 1.71 bits per heavy atom. The fourth-order valence-electron chi connectivity index (χ4n) is 2.03. The molecule has 0 heterocycles. The molecular weight excluding hydrogens is 170 g/mol. The number of hydrogen-bond donors (Lipinski definition) is 1. The fraction of sp³-hybridized carbons (Fsp3) is 1.00. The van der Waals surface area contributed by atoms with E-state index in [1.54, 1.807) is 0 Å². The summed E-state index contributed by atoms with van der Waals surface area (Å²) in [6.45, 7) is 11.5. The lowest BCUT2D eigenvalue weighted by molar-refractivity contribution is 0.364. The van der Waals surface area contributed by atoms with Crippen molar-refractivity contribution in [3.8, 4) is 0 Å². The van der Waals surface area contributed by atoms with Crippen molar-refractivity contribution >= 4 is 0 Å². The van der Waals surface area contributed by atoms with E-state index >= 15 is 0 Å². The van der Waals surface area contributed by atoms with Crippen molar-refractivity contribution in [2.45, 2.75) is 78.8 Å². The second-order valence-electron chi connectivity index (χ2n) is 4.94. The molecule has 1 nitrogen and oxygen atoms in total. The minimum atomic E-state index is 0.678. The van der Waals surface area contributed by atoms with Crippen LogP contribution in [0.3, 0.4) is 0 Å². The van der Waals surface area contributed by atoms with Gasteiger partial charge < -0.3 is 5.32 Å². The SMILES string of the molecule is CCCCC(CC)NC(C)CC(C)C. The Morgan fingerprint density at radius 3 is 2.14 bits per heavy atom. The van der Waals surface area contributed by atoms with E-state index in [-0.39, 0.29) is 0 Å². The second kappa shape index (κ2) is 8.28. The Morgan fingerprint density at radius 1 is 1.07 bits per heavy atom. The standard InChI is InChI=1S/C13H29N/c1-6-8-9-13(7-2)14-12(5)10-11(3)4/h11-14H,6-10H2,1-5H3. The van der Waals surface area contributed by atoms with Gasteiger partial charge in [0, 0.05) is 12.1 Å². The molecule has 0 radical (unpaired) electrons. The van der Waals surface area contributed by atoms with Gasteiger partial charge in [-0.2, -0.15) is 0 Å². The smallest absolute Gasteiger partial charge is 0.00669 e. The summed E-state index contributed by atoms with van der Waals surface area (Å²) in [5.74, 6) is 0.807. The molecule has 0 saturated carbocycles. The predicted octanol–water partition coefficient (Wildman–Crippen LogP) is 3.98. The molecule has 1 heteroatoms. The zero-order valence-electron chi connectivity index (χ0n) is 10.8. The van der Waals surface area contributed by atoms with Gasteiger partial charge in [-0.3, -0.25) is 0 Å². The largest absolute Gasteiger partial charge is 0.312 e. The van der Waals surface area contributed by atoms with E-state index in [1.165, 1.54) is 32.1 Å². The van der Waals surface area contributed by atoms with Gasteiger partial charge in [0.25, 0.3) is 0 Å². The van der Waals surface area contributed by atoms with Crippen LogP contribution in [0.4, 0.5) is 0 Å². The van der Waals surface area contributed by atoms with Gasteiger partial charge in [0.05, 0.1) is 0 Å². The molecule has 86 valence electrons. The van der Waals surface area contributed by atoms with Crippen LogP contribution >= 0.6 is 0 Å². The molecule has 0 aliphatic rings. The summed E-state index contributed by atoms with van der Waals surface area (Å²) in [7, 11) is 0. The molecule has 0 aliphatic heterocycles. The van der Waals surface area contributed by atoms with Crippen LogP contribution in [0.5, 0.6) is 0 Å². The number of hydrogen-bond acceptors (Lipinski definition) is 1. The third-order valence-electron chi connectivity index (χ3n) is 2.74. The summed E-state index contributed by atoms with van der Waals surface area (Å²) in [5, 5.41) is 3.73. The van der Waals surface area contributed by atoms with Crippen LogP contribution in [-0.2, 0) is 0 Å². The first-order valence-corrected chi connectivity index (χ1v) is 6.36. The first-order chi connectivity index (χ1) is 6.60. The van der Waals surface area contributed by atoms with Gasteiger partial charge >= 0.3 is 0 Å². The van der Waals surface area contributed by atoms with Crippen molar-refractivity contribution in [1.29, 1.82) is 0 Å². The minimum Gasteiger partial charge on any atom is -0.312 e. The first-order valence-electron chi connectivity index (χ1n) is 6.36. The van der Waals surface area contributed by atoms with Gasteiger partial charge in [-0.05, 0) is 32.1 Å². The molecule has 0 fully saturated rings.